The summed E-state index contributed by atoms with van der Waals surface area (Å²) in [5.41, 5.74) is 4.84. The Morgan fingerprint density at radius 3 is 2.64 bits per heavy atom. The van der Waals surface area contributed by atoms with E-state index < -0.39 is 6.09 Å². The first-order valence-corrected chi connectivity index (χ1v) is 8.48. The van der Waals surface area contributed by atoms with Crippen LogP contribution in [-0.4, -0.2) is 12.7 Å². The van der Waals surface area contributed by atoms with Gasteiger partial charge in [0.2, 0.25) is 0 Å². The van der Waals surface area contributed by atoms with Crippen LogP contribution in [0.15, 0.2) is 43.0 Å². The number of anilines is 1. The summed E-state index contributed by atoms with van der Waals surface area (Å²) in [5, 5.41) is 2.77. The number of ether oxygens (including phenoxy) is 2. The lowest BCUT2D eigenvalue weighted by Crippen LogP contribution is -2.15. The molecular weight excluding hydrogens is 314 g/mol. The van der Waals surface area contributed by atoms with Gasteiger partial charge >= 0.3 is 6.09 Å². The van der Waals surface area contributed by atoms with Gasteiger partial charge in [-0.25, -0.2) is 4.79 Å². The molecule has 25 heavy (non-hydrogen) atoms. The fraction of sp³-hybridized carbons (Fsp3) is 0.286. The second-order valence-electron chi connectivity index (χ2n) is 5.71. The number of nitrogens with one attached hydrogen (secondary N) is 1. The lowest BCUT2D eigenvalue weighted by Gasteiger charge is -2.14. The number of benzene rings is 2. The highest BCUT2D eigenvalue weighted by molar-refractivity contribution is 5.86. The summed E-state index contributed by atoms with van der Waals surface area (Å²) in [6, 6.07) is 11.9. The van der Waals surface area contributed by atoms with Crippen LogP contribution in [0.25, 0.3) is 6.08 Å². The summed E-state index contributed by atoms with van der Waals surface area (Å²) in [5.74, 6) is 0.840. The Hall–Kier alpha value is -2.75. The van der Waals surface area contributed by atoms with Crippen molar-refractivity contribution in [2.45, 2.75) is 33.8 Å². The Morgan fingerprint density at radius 1 is 1.20 bits per heavy atom. The Balaban J connectivity index is 2.17. The molecule has 0 aromatic heterocycles. The van der Waals surface area contributed by atoms with Gasteiger partial charge in [-0.3, -0.25) is 5.32 Å². The third-order valence-corrected chi connectivity index (χ3v) is 3.91. The van der Waals surface area contributed by atoms with Gasteiger partial charge in [-0.05, 0) is 49.1 Å². The molecule has 1 amide bonds. The van der Waals surface area contributed by atoms with Gasteiger partial charge in [0.05, 0.1) is 12.3 Å². The number of carbonyl (C=O) groups excluding carboxylic acids is 1. The largest absolute Gasteiger partial charge is 0.489 e. The predicted octanol–water partition coefficient (Wildman–Crippen LogP) is 5.35. The normalized spacial score (nSPS) is 10.2. The van der Waals surface area contributed by atoms with Crippen molar-refractivity contribution in [1.29, 1.82) is 0 Å². The molecule has 0 spiro atoms. The van der Waals surface area contributed by atoms with Crippen LogP contribution in [0.5, 0.6) is 5.75 Å². The van der Waals surface area contributed by atoms with E-state index in [1.54, 1.807) is 13.0 Å². The zero-order valence-corrected chi connectivity index (χ0v) is 15.1. The summed E-state index contributed by atoms with van der Waals surface area (Å²) in [6.45, 7) is 10.4. The SMILES string of the molecule is C=Cc1ccc(COc2ccc(CC)cc2C)c(NC(=O)OCC)c1. The third kappa shape index (κ3) is 5.11. The predicted molar refractivity (Wildman–Crippen MR) is 102 cm³/mol. The molecule has 4 nitrogen and oxygen atoms in total. The zero-order chi connectivity index (χ0) is 18.2. The van der Waals surface area contributed by atoms with Crippen molar-refractivity contribution < 1.29 is 14.3 Å². The van der Waals surface area contributed by atoms with Crippen LogP contribution < -0.4 is 10.1 Å². The average Bonchev–Trinajstić information content (AvgIpc) is 2.61. The molecule has 0 fully saturated rings. The van der Waals surface area contributed by atoms with E-state index in [0.29, 0.717) is 18.9 Å². The minimum atomic E-state index is -0.478. The molecule has 132 valence electrons. The van der Waals surface area contributed by atoms with Crippen molar-refractivity contribution in [2.24, 2.45) is 0 Å². The maximum absolute atomic E-state index is 11.8. The molecule has 0 heterocycles. The molecule has 0 bridgehead atoms. The molecule has 0 atom stereocenters. The molecule has 2 aromatic rings. The van der Waals surface area contributed by atoms with Gasteiger partial charge in [-0.2, -0.15) is 0 Å². The molecule has 1 N–H and O–H groups in total. The van der Waals surface area contributed by atoms with Gasteiger partial charge in [-0.15, -0.1) is 0 Å². The van der Waals surface area contributed by atoms with E-state index >= 15 is 0 Å². The number of amides is 1. The van der Waals surface area contributed by atoms with Gasteiger partial charge in [-0.1, -0.05) is 43.8 Å². The zero-order valence-electron chi connectivity index (χ0n) is 15.1. The van der Waals surface area contributed by atoms with Gasteiger partial charge in [0.25, 0.3) is 0 Å². The van der Waals surface area contributed by atoms with Crippen molar-refractivity contribution in [3.63, 3.8) is 0 Å². The Labute approximate surface area is 149 Å². The van der Waals surface area contributed by atoms with Crippen molar-refractivity contribution in [1.82, 2.24) is 0 Å². The van der Waals surface area contributed by atoms with Crippen LogP contribution in [0.4, 0.5) is 10.5 Å². The fourth-order valence-corrected chi connectivity index (χ4v) is 2.49. The third-order valence-electron chi connectivity index (χ3n) is 3.91. The minimum Gasteiger partial charge on any atom is -0.489 e. The van der Waals surface area contributed by atoms with E-state index in [9.17, 15) is 4.79 Å². The number of carbonyl (C=O) groups is 1. The lowest BCUT2D eigenvalue weighted by atomic mass is 10.1. The number of hydrogen-bond donors (Lipinski definition) is 1. The second kappa shape index (κ2) is 8.92. The molecule has 0 radical (unpaired) electrons. The molecular formula is C21H25NO3. The Bertz CT molecular complexity index is 753. The monoisotopic (exact) mass is 339 g/mol. The van der Waals surface area contributed by atoms with Gasteiger partial charge in [0.15, 0.2) is 0 Å². The molecule has 2 rings (SSSR count). The molecule has 0 aliphatic heterocycles. The van der Waals surface area contributed by atoms with Gasteiger partial charge in [0, 0.05) is 5.56 Å². The first-order valence-electron chi connectivity index (χ1n) is 8.48. The van der Waals surface area contributed by atoms with Crippen LogP contribution in [0.3, 0.4) is 0 Å². The first kappa shape index (κ1) is 18.6. The van der Waals surface area contributed by atoms with E-state index in [0.717, 1.165) is 28.9 Å². The van der Waals surface area contributed by atoms with Gasteiger partial charge < -0.3 is 9.47 Å². The summed E-state index contributed by atoms with van der Waals surface area (Å²) in [4.78, 5) is 11.8. The lowest BCUT2D eigenvalue weighted by molar-refractivity contribution is 0.168. The first-order chi connectivity index (χ1) is 12.1. The number of aryl methyl sites for hydroxylation is 2. The van der Waals surface area contributed by atoms with E-state index in [-0.39, 0.29) is 0 Å². The summed E-state index contributed by atoms with van der Waals surface area (Å²) < 4.78 is 10.9. The molecule has 0 saturated carbocycles. The van der Waals surface area contributed by atoms with Crippen LogP contribution in [-0.2, 0) is 17.8 Å². The summed E-state index contributed by atoms with van der Waals surface area (Å²) in [6.07, 6.45) is 2.25. The molecule has 0 unspecified atom stereocenters. The number of rotatable bonds is 7. The Morgan fingerprint density at radius 2 is 2.00 bits per heavy atom. The van der Waals surface area contributed by atoms with Crippen LogP contribution >= 0.6 is 0 Å². The van der Waals surface area contributed by atoms with E-state index in [1.807, 2.05) is 31.2 Å². The van der Waals surface area contributed by atoms with E-state index in [1.165, 1.54) is 5.56 Å². The molecule has 0 aliphatic carbocycles. The highest BCUT2D eigenvalue weighted by atomic mass is 16.5. The topological polar surface area (TPSA) is 47.6 Å². The maximum atomic E-state index is 11.8. The van der Waals surface area contributed by atoms with E-state index in [2.05, 4.69) is 31.0 Å². The van der Waals surface area contributed by atoms with Crippen molar-refractivity contribution in [3.8, 4) is 5.75 Å². The summed E-state index contributed by atoms with van der Waals surface area (Å²) >= 11 is 0. The molecule has 4 heteroatoms. The van der Waals surface area contributed by atoms with Gasteiger partial charge in [0.1, 0.15) is 12.4 Å². The average molecular weight is 339 g/mol. The van der Waals surface area contributed by atoms with Crippen molar-refractivity contribution in [3.05, 3.63) is 65.2 Å². The van der Waals surface area contributed by atoms with Crippen LogP contribution in [0, 0.1) is 6.92 Å². The van der Waals surface area contributed by atoms with Crippen LogP contribution in [0.2, 0.25) is 0 Å². The Kier molecular flexibility index (Phi) is 6.63. The molecule has 2 aromatic carbocycles. The quantitative estimate of drug-likeness (QED) is 0.740. The second-order valence-corrected chi connectivity index (χ2v) is 5.71. The minimum absolute atomic E-state index is 0.321. The van der Waals surface area contributed by atoms with Crippen LogP contribution in [0.1, 0.15) is 36.1 Å². The standard InChI is InChI=1S/C21H25NO3/c1-5-16-9-11-20(15(4)12-16)25-14-18-10-8-17(6-2)13-19(18)22-21(23)24-7-3/h6,8-13H,2,5,7,14H2,1,3-4H3,(H,22,23). The maximum Gasteiger partial charge on any atom is 0.411 e. The van der Waals surface area contributed by atoms with E-state index in [4.69, 9.17) is 9.47 Å². The molecule has 0 aliphatic rings. The van der Waals surface area contributed by atoms with Crippen molar-refractivity contribution >= 4 is 17.9 Å². The number of hydrogen-bond acceptors (Lipinski definition) is 3. The summed E-state index contributed by atoms with van der Waals surface area (Å²) in [7, 11) is 0. The fourth-order valence-electron chi connectivity index (χ4n) is 2.49. The highest BCUT2D eigenvalue weighted by Crippen LogP contribution is 2.24. The highest BCUT2D eigenvalue weighted by Gasteiger charge is 2.10. The van der Waals surface area contributed by atoms with Crippen molar-refractivity contribution in [2.75, 3.05) is 11.9 Å². The smallest absolute Gasteiger partial charge is 0.411 e. The molecule has 0 saturated heterocycles.